The van der Waals surface area contributed by atoms with Crippen LogP contribution in [0.25, 0.3) is 0 Å². The minimum Gasteiger partial charge on any atom is -0.388 e. The Morgan fingerprint density at radius 1 is 0.736 bits per heavy atom. The first-order valence-corrected chi connectivity index (χ1v) is 19.3. The van der Waals surface area contributed by atoms with E-state index in [1.54, 1.807) is 13.8 Å². The molecular formula is C39H64O14. The third kappa shape index (κ3) is 7.33. The normalized spacial score (nSPS) is 52.9. The van der Waals surface area contributed by atoms with E-state index in [-0.39, 0.29) is 41.5 Å². The molecule has 53 heavy (non-hydrogen) atoms. The van der Waals surface area contributed by atoms with Crippen LogP contribution in [-0.4, -0.2) is 150 Å². The Morgan fingerprint density at radius 3 is 1.87 bits per heavy atom. The number of allylic oxidation sites excluding steroid dienone is 1. The van der Waals surface area contributed by atoms with Crippen molar-refractivity contribution in [2.75, 3.05) is 20.8 Å². The van der Waals surface area contributed by atoms with Crippen LogP contribution < -0.4 is 0 Å². The molecule has 0 radical (unpaired) electrons. The van der Waals surface area contributed by atoms with Crippen molar-refractivity contribution in [2.45, 2.75) is 172 Å². The maximum absolute atomic E-state index is 11.1. The van der Waals surface area contributed by atoms with Crippen molar-refractivity contribution in [1.82, 2.24) is 0 Å². The van der Waals surface area contributed by atoms with Crippen LogP contribution >= 0.6 is 0 Å². The van der Waals surface area contributed by atoms with E-state index < -0.39 is 91.4 Å². The van der Waals surface area contributed by atoms with E-state index in [0.717, 1.165) is 19.3 Å². The van der Waals surface area contributed by atoms with Gasteiger partial charge in [-0.25, -0.2) is 0 Å². The van der Waals surface area contributed by atoms with Crippen LogP contribution in [0.5, 0.6) is 0 Å². The van der Waals surface area contributed by atoms with Crippen molar-refractivity contribution in [3.05, 3.63) is 24.3 Å². The first kappa shape index (κ1) is 41.6. The van der Waals surface area contributed by atoms with Crippen LogP contribution in [0.1, 0.15) is 73.6 Å². The highest BCUT2D eigenvalue weighted by molar-refractivity contribution is 5.29. The van der Waals surface area contributed by atoms with Crippen LogP contribution in [-0.2, 0) is 37.9 Å². The van der Waals surface area contributed by atoms with Gasteiger partial charge in [-0.15, -0.1) is 6.58 Å². The average molecular weight is 757 g/mol. The Hall–Kier alpha value is -1.08. The molecule has 3 heterocycles. The second-order valence-corrected chi connectivity index (χ2v) is 17.4. The van der Waals surface area contributed by atoms with Crippen molar-refractivity contribution < 1.29 is 68.5 Å². The van der Waals surface area contributed by atoms with Crippen molar-refractivity contribution in [3.8, 4) is 0 Å². The van der Waals surface area contributed by atoms with Gasteiger partial charge in [-0.1, -0.05) is 45.4 Å². The summed E-state index contributed by atoms with van der Waals surface area (Å²) in [6, 6.07) is 0. The SMILES string of the molecule is C=CC1(C)C=C2CCC3C(C)(C)C(OC4OCC(O)C(O)C4OC4OC(C)C(O)C(OC)C4O)CCC3(C)C2CC1OC1OC(C)C(O)C(OC)C1O. The predicted molar refractivity (Wildman–Crippen MR) is 189 cm³/mol. The summed E-state index contributed by atoms with van der Waals surface area (Å²) in [7, 11) is 2.83. The molecule has 3 saturated heterocycles. The monoisotopic (exact) mass is 756 g/mol. The molecule has 3 aliphatic carbocycles. The van der Waals surface area contributed by atoms with E-state index in [2.05, 4.69) is 40.3 Å². The van der Waals surface area contributed by atoms with Gasteiger partial charge in [-0.2, -0.15) is 0 Å². The smallest absolute Gasteiger partial charge is 0.187 e. The Labute approximate surface area is 313 Å². The Kier molecular flexibility index (Phi) is 12.3. The molecule has 3 aliphatic heterocycles. The number of fused-ring (bicyclic) bond motifs is 3. The second kappa shape index (κ2) is 15.7. The van der Waals surface area contributed by atoms with Gasteiger partial charge in [0, 0.05) is 19.6 Å². The summed E-state index contributed by atoms with van der Waals surface area (Å²) in [6.45, 7) is 16.3. The van der Waals surface area contributed by atoms with Gasteiger partial charge in [-0.05, 0) is 68.6 Å². The molecule has 6 rings (SSSR count). The van der Waals surface area contributed by atoms with E-state index in [1.165, 1.54) is 19.8 Å². The molecular weight excluding hydrogens is 692 g/mol. The topological polar surface area (TPSA) is 195 Å². The molecule has 6 aliphatic rings. The summed E-state index contributed by atoms with van der Waals surface area (Å²) in [5.41, 5.74) is 0.381. The predicted octanol–water partition coefficient (Wildman–Crippen LogP) is 1.56. The molecule has 0 bridgehead atoms. The molecule has 6 N–H and O–H groups in total. The van der Waals surface area contributed by atoms with E-state index in [9.17, 15) is 30.6 Å². The van der Waals surface area contributed by atoms with Crippen LogP contribution in [0.2, 0.25) is 0 Å². The number of aliphatic hydroxyl groups excluding tert-OH is 6. The molecule has 20 atom stereocenters. The summed E-state index contributed by atoms with van der Waals surface area (Å²) in [5, 5.41) is 64.8. The molecule has 14 heteroatoms. The quantitative estimate of drug-likeness (QED) is 0.147. The maximum Gasteiger partial charge on any atom is 0.187 e. The van der Waals surface area contributed by atoms with Crippen molar-refractivity contribution in [3.63, 3.8) is 0 Å². The fourth-order valence-corrected chi connectivity index (χ4v) is 10.6. The molecule has 0 aromatic rings. The minimum atomic E-state index is -1.39. The van der Waals surface area contributed by atoms with Gasteiger partial charge in [-0.3, -0.25) is 0 Å². The molecule has 304 valence electrons. The van der Waals surface area contributed by atoms with Gasteiger partial charge in [0.25, 0.3) is 0 Å². The fourth-order valence-electron chi connectivity index (χ4n) is 10.6. The van der Waals surface area contributed by atoms with E-state index in [1.807, 2.05) is 6.08 Å². The van der Waals surface area contributed by atoms with Crippen LogP contribution in [0.3, 0.4) is 0 Å². The van der Waals surface area contributed by atoms with Crippen LogP contribution in [0.15, 0.2) is 24.3 Å². The summed E-state index contributed by atoms with van der Waals surface area (Å²) in [4.78, 5) is 0. The van der Waals surface area contributed by atoms with Gasteiger partial charge in [0.2, 0.25) is 0 Å². The number of methoxy groups -OCH3 is 2. The third-order valence-corrected chi connectivity index (χ3v) is 13.9. The molecule has 5 fully saturated rings. The largest absolute Gasteiger partial charge is 0.388 e. The highest BCUT2D eigenvalue weighted by Crippen LogP contribution is 2.65. The fraction of sp³-hybridized carbons (Fsp3) is 0.897. The lowest BCUT2D eigenvalue weighted by Gasteiger charge is -2.62. The highest BCUT2D eigenvalue weighted by atomic mass is 16.8. The molecule has 14 nitrogen and oxygen atoms in total. The van der Waals surface area contributed by atoms with Crippen molar-refractivity contribution in [2.24, 2.45) is 28.1 Å². The lowest BCUT2D eigenvalue weighted by atomic mass is 9.44. The molecule has 2 saturated carbocycles. The molecule has 20 unspecified atom stereocenters. The second-order valence-electron chi connectivity index (χ2n) is 17.4. The van der Waals surface area contributed by atoms with Gasteiger partial charge < -0.3 is 68.5 Å². The standard InChI is InChI=1S/C39H64O14/c1-10-38(6)16-20-11-12-23-37(4,5)24(13-14-39(23,7)21(20)15-25(38)52-34-29(44)31(46-8)26(41)18(2)49-34)51-36-33(28(43)22(40)17-48-36)53-35-30(45)32(47-9)27(42)19(3)50-35/h10,16,18-19,21-36,40-45H,1,11-15,17H2,2-9H3. The summed E-state index contributed by atoms with van der Waals surface area (Å²) < 4.78 is 48.1. The van der Waals surface area contributed by atoms with E-state index in [4.69, 9.17) is 37.9 Å². The Bertz CT molecular complexity index is 1310. The van der Waals surface area contributed by atoms with Crippen molar-refractivity contribution >= 4 is 0 Å². The van der Waals surface area contributed by atoms with Gasteiger partial charge in [0.05, 0.1) is 31.0 Å². The minimum absolute atomic E-state index is 0.132. The number of aliphatic hydroxyl groups is 6. The van der Waals surface area contributed by atoms with E-state index in [0.29, 0.717) is 12.8 Å². The maximum atomic E-state index is 11.1. The third-order valence-electron chi connectivity index (χ3n) is 13.9. The zero-order valence-electron chi connectivity index (χ0n) is 32.4. The highest BCUT2D eigenvalue weighted by Gasteiger charge is 2.60. The molecule has 0 aromatic heterocycles. The number of hydrogen-bond donors (Lipinski definition) is 6. The number of hydrogen-bond acceptors (Lipinski definition) is 14. The Morgan fingerprint density at radius 2 is 1.30 bits per heavy atom. The Balaban J connectivity index is 1.20. The lowest BCUT2D eigenvalue weighted by Crippen LogP contribution is -2.63. The van der Waals surface area contributed by atoms with Gasteiger partial charge in [0.15, 0.2) is 18.9 Å². The van der Waals surface area contributed by atoms with Crippen LogP contribution in [0, 0.1) is 28.1 Å². The molecule has 0 spiro atoms. The van der Waals surface area contributed by atoms with Crippen LogP contribution in [0.4, 0.5) is 0 Å². The summed E-state index contributed by atoms with van der Waals surface area (Å²) >= 11 is 0. The van der Waals surface area contributed by atoms with Crippen molar-refractivity contribution in [1.29, 1.82) is 0 Å². The van der Waals surface area contributed by atoms with Gasteiger partial charge in [0.1, 0.15) is 54.9 Å². The zero-order valence-corrected chi connectivity index (χ0v) is 32.4. The summed E-state index contributed by atoms with van der Waals surface area (Å²) in [6.07, 6.45) is -7.34. The molecule has 0 amide bonds. The summed E-state index contributed by atoms with van der Waals surface area (Å²) in [5.74, 6) is 0.400. The zero-order chi connectivity index (χ0) is 38.8. The average Bonchev–Trinajstić information content (AvgIpc) is 3.11. The van der Waals surface area contributed by atoms with Gasteiger partial charge >= 0.3 is 0 Å². The first-order chi connectivity index (χ1) is 24.9. The molecule has 0 aromatic carbocycles. The lowest BCUT2D eigenvalue weighted by molar-refractivity contribution is -0.364. The van der Waals surface area contributed by atoms with E-state index >= 15 is 0 Å². The number of rotatable bonds is 9. The number of ether oxygens (including phenoxy) is 8. The first-order valence-electron chi connectivity index (χ1n) is 19.3.